The highest BCUT2D eigenvalue weighted by molar-refractivity contribution is 7.10. The van der Waals surface area contributed by atoms with Crippen LogP contribution in [0.2, 0.25) is 0 Å². The van der Waals surface area contributed by atoms with Crippen LogP contribution in [0.25, 0.3) is 0 Å². The first-order valence-corrected chi connectivity index (χ1v) is 8.45. The number of nitrogens with one attached hydrogen (secondary N) is 1. The predicted molar refractivity (Wildman–Crippen MR) is 88.3 cm³/mol. The molecule has 0 bridgehead atoms. The number of carbonyl (C=O) groups is 2. The number of aryl methyl sites for hydroxylation is 2. The molecule has 3 heterocycles. The van der Waals surface area contributed by atoms with Crippen LogP contribution >= 0.6 is 11.3 Å². The van der Waals surface area contributed by atoms with Crippen molar-refractivity contribution in [3.8, 4) is 0 Å². The van der Waals surface area contributed by atoms with Crippen molar-refractivity contribution < 1.29 is 9.59 Å². The van der Waals surface area contributed by atoms with Gasteiger partial charge >= 0.3 is 0 Å². The lowest BCUT2D eigenvalue weighted by atomic mass is 9.93. The van der Waals surface area contributed by atoms with Crippen LogP contribution in [0.3, 0.4) is 0 Å². The normalized spacial score (nSPS) is 21.5. The Hall–Kier alpha value is -2.15. The number of likely N-dealkylation sites (tertiary alicyclic amines) is 1. The van der Waals surface area contributed by atoms with Gasteiger partial charge < -0.3 is 10.2 Å². The molecule has 2 aromatic rings. The van der Waals surface area contributed by atoms with Gasteiger partial charge in [-0.25, -0.2) is 0 Å². The number of carbonyl (C=O) groups excluding carboxylic acids is 2. The number of thiophene rings is 1. The van der Waals surface area contributed by atoms with Crippen LogP contribution in [0.5, 0.6) is 0 Å². The quantitative estimate of drug-likeness (QED) is 0.933. The fourth-order valence-corrected chi connectivity index (χ4v) is 3.83. The average molecular weight is 332 g/mol. The highest BCUT2D eigenvalue weighted by Gasteiger charge is 2.37. The smallest absolute Gasteiger partial charge is 0.252 e. The van der Waals surface area contributed by atoms with E-state index in [1.165, 1.54) is 0 Å². The van der Waals surface area contributed by atoms with Crippen molar-refractivity contribution in [3.63, 3.8) is 0 Å². The van der Waals surface area contributed by atoms with Gasteiger partial charge in [-0.2, -0.15) is 5.10 Å². The second kappa shape index (κ2) is 6.16. The van der Waals surface area contributed by atoms with Gasteiger partial charge in [0.25, 0.3) is 5.91 Å². The predicted octanol–water partition coefficient (Wildman–Crippen LogP) is 1.88. The molecule has 0 unspecified atom stereocenters. The zero-order valence-corrected chi connectivity index (χ0v) is 14.3. The van der Waals surface area contributed by atoms with Gasteiger partial charge in [0, 0.05) is 31.6 Å². The Bertz CT molecular complexity index is 736. The first-order chi connectivity index (χ1) is 11.0. The highest BCUT2D eigenvalue weighted by atomic mass is 32.1. The molecule has 1 aliphatic rings. The van der Waals surface area contributed by atoms with E-state index in [1.807, 2.05) is 31.5 Å². The molecule has 3 rings (SSSR count). The second-order valence-electron chi connectivity index (χ2n) is 5.84. The van der Waals surface area contributed by atoms with E-state index < -0.39 is 0 Å². The molecule has 0 saturated carbocycles. The van der Waals surface area contributed by atoms with Crippen molar-refractivity contribution >= 4 is 23.2 Å². The van der Waals surface area contributed by atoms with Gasteiger partial charge in [0.05, 0.1) is 23.3 Å². The van der Waals surface area contributed by atoms with Crippen molar-refractivity contribution in [3.05, 3.63) is 39.8 Å². The van der Waals surface area contributed by atoms with Gasteiger partial charge in [0.2, 0.25) is 5.91 Å². The third kappa shape index (κ3) is 2.88. The summed E-state index contributed by atoms with van der Waals surface area (Å²) in [6.07, 6.45) is 2.79. The van der Waals surface area contributed by atoms with Gasteiger partial charge in [-0.05, 0) is 30.9 Å². The SMILES string of the molecule is Cc1sccc1C(=O)N[C@@H]1CCC(=O)N(C)[C@H]1c1ccnn1C. The molecular weight excluding hydrogens is 312 g/mol. The second-order valence-corrected chi connectivity index (χ2v) is 6.96. The molecule has 0 spiro atoms. The number of hydrogen-bond acceptors (Lipinski definition) is 4. The minimum absolute atomic E-state index is 0.0799. The van der Waals surface area contributed by atoms with Crippen molar-refractivity contribution in [2.75, 3.05) is 7.05 Å². The van der Waals surface area contributed by atoms with Crippen molar-refractivity contribution in [1.82, 2.24) is 20.0 Å². The molecule has 2 aromatic heterocycles. The lowest BCUT2D eigenvalue weighted by Crippen LogP contribution is -2.51. The maximum atomic E-state index is 12.6. The molecule has 7 heteroatoms. The van der Waals surface area contributed by atoms with E-state index in [0.717, 1.165) is 10.6 Å². The summed E-state index contributed by atoms with van der Waals surface area (Å²) < 4.78 is 1.76. The highest BCUT2D eigenvalue weighted by Crippen LogP contribution is 2.31. The molecule has 1 N–H and O–H groups in total. The van der Waals surface area contributed by atoms with E-state index in [9.17, 15) is 9.59 Å². The molecule has 0 radical (unpaired) electrons. The fourth-order valence-electron chi connectivity index (χ4n) is 3.13. The van der Waals surface area contributed by atoms with Crippen LogP contribution in [0.1, 0.15) is 39.8 Å². The third-order valence-electron chi connectivity index (χ3n) is 4.44. The molecule has 1 aliphatic heterocycles. The van der Waals surface area contributed by atoms with E-state index in [-0.39, 0.29) is 23.9 Å². The van der Waals surface area contributed by atoms with Crippen molar-refractivity contribution in [2.24, 2.45) is 7.05 Å². The molecule has 1 fully saturated rings. The molecule has 2 atom stereocenters. The van der Waals surface area contributed by atoms with Gasteiger partial charge in [0.15, 0.2) is 0 Å². The van der Waals surface area contributed by atoms with Gasteiger partial charge in [-0.1, -0.05) is 0 Å². The zero-order chi connectivity index (χ0) is 16.6. The number of piperidine rings is 1. The largest absolute Gasteiger partial charge is 0.347 e. The van der Waals surface area contributed by atoms with Crippen LogP contribution in [-0.4, -0.2) is 39.6 Å². The Balaban J connectivity index is 1.87. The molecular formula is C16H20N4O2S. The van der Waals surface area contributed by atoms with Gasteiger partial charge in [-0.3, -0.25) is 14.3 Å². The number of rotatable bonds is 3. The van der Waals surface area contributed by atoms with E-state index in [0.29, 0.717) is 18.4 Å². The van der Waals surface area contributed by atoms with E-state index >= 15 is 0 Å². The minimum atomic E-state index is -0.202. The monoisotopic (exact) mass is 332 g/mol. The van der Waals surface area contributed by atoms with E-state index in [1.54, 1.807) is 34.2 Å². The van der Waals surface area contributed by atoms with Gasteiger partial charge in [0.1, 0.15) is 0 Å². The van der Waals surface area contributed by atoms with Crippen LogP contribution in [0.4, 0.5) is 0 Å². The summed E-state index contributed by atoms with van der Waals surface area (Å²) in [5.74, 6) is 0.0112. The lowest BCUT2D eigenvalue weighted by molar-refractivity contribution is -0.136. The summed E-state index contributed by atoms with van der Waals surface area (Å²) in [5.41, 5.74) is 1.63. The van der Waals surface area contributed by atoms with Crippen LogP contribution < -0.4 is 5.32 Å². The molecule has 0 aromatic carbocycles. The zero-order valence-electron chi connectivity index (χ0n) is 13.4. The topological polar surface area (TPSA) is 67.2 Å². The van der Waals surface area contributed by atoms with E-state index in [4.69, 9.17) is 0 Å². The molecule has 2 amide bonds. The number of aromatic nitrogens is 2. The summed E-state index contributed by atoms with van der Waals surface area (Å²) in [5, 5.41) is 9.22. The van der Waals surface area contributed by atoms with Crippen LogP contribution in [-0.2, 0) is 11.8 Å². The molecule has 6 nitrogen and oxygen atoms in total. The number of nitrogens with zero attached hydrogens (tertiary/aromatic N) is 3. The molecule has 122 valence electrons. The third-order valence-corrected chi connectivity index (χ3v) is 5.29. The number of hydrogen-bond donors (Lipinski definition) is 1. The minimum Gasteiger partial charge on any atom is -0.347 e. The Morgan fingerprint density at radius 3 is 2.78 bits per heavy atom. The average Bonchev–Trinajstić information content (AvgIpc) is 3.12. The molecule has 1 saturated heterocycles. The van der Waals surface area contributed by atoms with Crippen molar-refractivity contribution in [1.29, 1.82) is 0 Å². The Kier molecular flexibility index (Phi) is 4.21. The maximum Gasteiger partial charge on any atom is 0.252 e. The standard InChI is InChI=1S/C16H20N4O2S/c1-10-11(7-9-23-10)16(22)18-12-4-5-14(21)19(2)15(12)13-6-8-17-20(13)3/h6-9,12,15H,4-5H2,1-3H3,(H,18,22)/t12-,15-/m1/s1. The van der Waals surface area contributed by atoms with Crippen LogP contribution in [0, 0.1) is 6.92 Å². The van der Waals surface area contributed by atoms with Crippen LogP contribution in [0.15, 0.2) is 23.7 Å². The summed E-state index contributed by atoms with van der Waals surface area (Å²) in [6, 6.07) is 3.41. The first-order valence-electron chi connectivity index (χ1n) is 7.57. The number of likely N-dealkylation sites (N-methyl/N-ethyl adjacent to an activating group) is 1. The summed E-state index contributed by atoms with van der Waals surface area (Å²) >= 11 is 1.56. The first kappa shape index (κ1) is 15.7. The van der Waals surface area contributed by atoms with E-state index in [2.05, 4.69) is 10.4 Å². The fraction of sp³-hybridized carbons (Fsp3) is 0.438. The Labute approximate surface area is 139 Å². The van der Waals surface area contributed by atoms with Gasteiger partial charge in [-0.15, -0.1) is 11.3 Å². The molecule has 23 heavy (non-hydrogen) atoms. The maximum absolute atomic E-state index is 12.6. The summed E-state index contributed by atoms with van der Waals surface area (Å²) in [4.78, 5) is 27.4. The Morgan fingerprint density at radius 1 is 1.39 bits per heavy atom. The summed E-state index contributed by atoms with van der Waals surface area (Å²) in [7, 11) is 3.64. The molecule has 0 aliphatic carbocycles. The number of amides is 2. The van der Waals surface area contributed by atoms with Crippen molar-refractivity contribution in [2.45, 2.75) is 31.8 Å². The summed E-state index contributed by atoms with van der Waals surface area (Å²) in [6.45, 7) is 1.94. The lowest BCUT2D eigenvalue weighted by Gasteiger charge is -2.39. The Morgan fingerprint density at radius 2 is 2.17 bits per heavy atom.